The van der Waals surface area contributed by atoms with E-state index >= 15 is 0 Å². The zero-order valence-electron chi connectivity index (χ0n) is 11.8. The standard InChI is InChI=1S/C13H18N6OS/c1-10(12(20)17-13-15-4-6-21-13)19-5-2-3-11(19)7-18-9-14-8-16-18/h4,6,8-11H,2-3,5,7H2,1H3,(H,15,17,20)/t10-,11-/m1/s1. The number of thiazole rings is 1. The van der Waals surface area contributed by atoms with Crippen LogP contribution in [0.4, 0.5) is 5.13 Å². The molecular formula is C13H18N6OS. The van der Waals surface area contributed by atoms with Gasteiger partial charge in [0.25, 0.3) is 0 Å². The van der Waals surface area contributed by atoms with Crippen molar-refractivity contribution in [3.05, 3.63) is 24.2 Å². The van der Waals surface area contributed by atoms with Crippen LogP contribution in [0, 0.1) is 0 Å². The fourth-order valence-electron chi connectivity index (χ4n) is 2.75. The Balaban J connectivity index is 1.62. The Kier molecular flexibility index (Phi) is 4.26. The fourth-order valence-corrected chi connectivity index (χ4v) is 3.28. The summed E-state index contributed by atoms with van der Waals surface area (Å²) in [5.41, 5.74) is 0. The summed E-state index contributed by atoms with van der Waals surface area (Å²) in [4.78, 5) is 22.6. The van der Waals surface area contributed by atoms with Gasteiger partial charge >= 0.3 is 0 Å². The molecule has 0 spiro atoms. The van der Waals surface area contributed by atoms with Crippen LogP contribution in [0.25, 0.3) is 0 Å². The van der Waals surface area contributed by atoms with Gasteiger partial charge in [-0.3, -0.25) is 14.4 Å². The molecule has 21 heavy (non-hydrogen) atoms. The Labute approximate surface area is 127 Å². The van der Waals surface area contributed by atoms with E-state index in [9.17, 15) is 4.79 Å². The van der Waals surface area contributed by atoms with Crippen LogP contribution in [0.2, 0.25) is 0 Å². The van der Waals surface area contributed by atoms with Gasteiger partial charge in [0, 0.05) is 17.6 Å². The van der Waals surface area contributed by atoms with Gasteiger partial charge in [-0.1, -0.05) is 0 Å². The van der Waals surface area contributed by atoms with Crippen molar-refractivity contribution < 1.29 is 4.79 Å². The molecule has 3 heterocycles. The van der Waals surface area contributed by atoms with Crippen LogP contribution in [0.1, 0.15) is 19.8 Å². The molecule has 2 aromatic rings. The predicted octanol–water partition coefficient (Wildman–Crippen LogP) is 1.23. The fraction of sp³-hybridized carbons (Fsp3) is 0.538. The number of hydrogen-bond acceptors (Lipinski definition) is 6. The van der Waals surface area contributed by atoms with Gasteiger partial charge in [0.2, 0.25) is 5.91 Å². The van der Waals surface area contributed by atoms with Crippen molar-refractivity contribution in [1.29, 1.82) is 0 Å². The maximum atomic E-state index is 12.3. The number of carbonyl (C=O) groups is 1. The number of aromatic nitrogens is 4. The van der Waals surface area contributed by atoms with Crippen LogP contribution in [-0.4, -0.2) is 49.2 Å². The van der Waals surface area contributed by atoms with Crippen LogP contribution in [-0.2, 0) is 11.3 Å². The lowest BCUT2D eigenvalue weighted by atomic mass is 10.2. The van der Waals surface area contributed by atoms with Gasteiger partial charge in [0.15, 0.2) is 5.13 Å². The molecule has 0 bridgehead atoms. The van der Waals surface area contributed by atoms with Gasteiger partial charge in [0.05, 0.1) is 12.6 Å². The van der Waals surface area contributed by atoms with E-state index < -0.39 is 0 Å². The van der Waals surface area contributed by atoms with Crippen LogP contribution in [0.5, 0.6) is 0 Å². The Hall–Kier alpha value is -1.80. The second kappa shape index (κ2) is 6.31. The van der Waals surface area contributed by atoms with Crippen LogP contribution >= 0.6 is 11.3 Å². The Morgan fingerprint density at radius 1 is 1.62 bits per heavy atom. The molecule has 1 saturated heterocycles. The van der Waals surface area contributed by atoms with Crippen molar-refractivity contribution in [2.24, 2.45) is 0 Å². The SMILES string of the molecule is C[C@H](C(=O)Nc1nccs1)N1CCC[C@@H]1Cn1cncn1. The minimum absolute atomic E-state index is 0.00422. The molecule has 1 aliphatic rings. The highest BCUT2D eigenvalue weighted by Crippen LogP contribution is 2.22. The molecule has 1 N–H and O–H groups in total. The highest BCUT2D eigenvalue weighted by Gasteiger charge is 2.32. The van der Waals surface area contributed by atoms with Crippen molar-refractivity contribution in [2.75, 3.05) is 11.9 Å². The Morgan fingerprint density at radius 2 is 2.52 bits per heavy atom. The third kappa shape index (κ3) is 3.27. The van der Waals surface area contributed by atoms with E-state index in [1.807, 2.05) is 17.0 Å². The molecule has 0 saturated carbocycles. The van der Waals surface area contributed by atoms with Gasteiger partial charge in [-0.25, -0.2) is 9.97 Å². The number of nitrogens with one attached hydrogen (secondary N) is 1. The van der Waals surface area contributed by atoms with Gasteiger partial charge in [0.1, 0.15) is 12.7 Å². The topological polar surface area (TPSA) is 75.9 Å². The summed E-state index contributed by atoms with van der Waals surface area (Å²) >= 11 is 1.43. The lowest BCUT2D eigenvalue weighted by Gasteiger charge is -2.29. The molecule has 112 valence electrons. The van der Waals surface area contributed by atoms with E-state index in [0.717, 1.165) is 25.9 Å². The highest BCUT2D eigenvalue weighted by molar-refractivity contribution is 7.13. The zero-order chi connectivity index (χ0) is 14.7. The van der Waals surface area contributed by atoms with E-state index in [2.05, 4.69) is 25.3 Å². The van der Waals surface area contributed by atoms with Crippen LogP contribution < -0.4 is 5.32 Å². The van der Waals surface area contributed by atoms with Crippen LogP contribution in [0.15, 0.2) is 24.2 Å². The average Bonchev–Trinajstić information content (AvgIpc) is 3.20. The van der Waals surface area contributed by atoms with Crippen molar-refractivity contribution in [3.63, 3.8) is 0 Å². The maximum Gasteiger partial charge on any atom is 0.243 e. The summed E-state index contributed by atoms with van der Waals surface area (Å²) < 4.78 is 1.83. The second-order valence-electron chi connectivity index (χ2n) is 5.15. The first-order valence-corrected chi connectivity index (χ1v) is 7.90. The number of hydrogen-bond donors (Lipinski definition) is 1. The number of nitrogens with zero attached hydrogens (tertiary/aromatic N) is 5. The van der Waals surface area contributed by atoms with Crippen molar-refractivity contribution in [2.45, 2.75) is 38.4 Å². The molecule has 1 aliphatic heterocycles. The smallest absolute Gasteiger partial charge is 0.243 e. The Morgan fingerprint density at radius 3 is 3.24 bits per heavy atom. The zero-order valence-corrected chi connectivity index (χ0v) is 12.7. The number of carbonyl (C=O) groups excluding carboxylic acids is 1. The molecule has 3 rings (SSSR count). The summed E-state index contributed by atoms with van der Waals surface area (Å²) in [5.74, 6) is -0.00422. The van der Waals surface area contributed by atoms with E-state index in [0.29, 0.717) is 11.2 Å². The molecule has 1 amide bonds. The number of rotatable bonds is 5. The lowest BCUT2D eigenvalue weighted by molar-refractivity contribution is -0.121. The van der Waals surface area contributed by atoms with Crippen LogP contribution in [0.3, 0.4) is 0 Å². The van der Waals surface area contributed by atoms with E-state index in [-0.39, 0.29) is 11.9 Å². The van der Waals surface area contributed by atoms with Crippen molar-refractivity contribution >= 4 is 22.4 Å². The third-order valence-corrected chi connectivity index (χ3v) is 4.51. The minimum Gasteiger partial charge on any atom is -0.301 e. The molecule has 7 nitrogen and oxygen atoms in total. The lowest BCUT2D eigenvalue weighted by Crippen LogP contribution is -2.46. The molecule has 1 fully saturated rings. The molecule has 0 unspecified atom stereocenters. The molecule has 0 radical (unpaired) electrons. The van der Waals surface area contributed by atoms with Crippen molar-refractivity contribution in [3.8, 4) is 0 Å². The summed E-state index contributed by atoms with van der Waals surface area (Å²) in [6, 6.07) is 0.147. The van der Waals surface area contributed by atoms with Gasteiger partial charge in [-0.05, 0) is 26.3 Å². The average molecular weight is 306 g/mol. The number of anilines is 1. The van der Waals surface area contributed by atoms with E-state index in [4.69, 9.17) is 0 Å². The van der Waals surface area contributed by atoms with E-state index in [1.54, 1.807) is 12.5 Å². The Bertz CT molecular complexity index is 570. The molecular weight excluding hydrogens is 288 g/mol. The first-order valence-electron chi connectivity index (χ1n) is 7.02. The van der Waals surface area contributed by atoms with Crippen molar-refractivity contribution in [1.82, 2.24) is 24.6 Å². The van der Waals surface area contributed by atoms with E-state index in [1.165, 1.54) is 17.7 Å². The predicted molar refractivity (Wildman–Crippen MR) is 80.0 cm³/mol. The summed E-state index contributed by atoms with van der Waals surface area (Å²) in [5, 5.41) is 9.52. The number of likely N-dealkylation sites (tertiary alicyclic amines) is 1. The second-order valence-corrected chi connectivity index (χ2v) is 6.05. The van der Waals surface area contributed by atoms with Gasteiger partial charge < -0.3 is 5.32 Å². The first kappa shape index (κ1) is 14.2. The quantitative estimate of drug-likeness (QED) is 0.899. The van der Waals surface area contributed by atoms with Gasteiger partial charge in [-0.2, -0.15) is 5.10 Å². The third-order valence-electron chi connectivity index (χ3n) is 3.83. The summed E-state index contributed by atoms with van der Waals surface area (Å²) in [6.07, 6.45) is 7.13. The minimum atomic E-state index is -0.176. The van der Waals surface area contributed by atoms with Gasteiger partial charge in [-0.15, -0.1) is 11.3 Å². The monoisotopic (exact) mass is 306 g/mol. The molecule has 2 atom stereocenters. The number of amides is 1. The largest absolute Gasteiger partial charge is 0.301 e. The molecule has 0 aliphatic carbocycles. The molecule has 8 heteroatoms. The summed E-state index contributed by atoms with van der Waals surface area (Å²) in [7, 11) is 0. The molecule has 2 aromatic heterocycles. The molecule has 0 aromatic carbocycles. The normalized spacial score (nSPS) is 20.5. The maximum absolute atomic E-state index is 12.3. The summed E-state index contributed by atoms with van der Waals surface area (Å²) in [6.45, 7) is 3.66. The first-order chi connectivity index (χ1) is 10.2. The highest BCUT2D eigenvalue weighted by atomic mass is 32.1.